The largest absolute Gasteiger partial charge is 0.456 e. The molecule has 0 saturated heterocycles. The number of benzene rings is 8. The van der Waals surface area contributed by atoms with E-state index in [0.717, 1.165) is 44.8 Å². The van der Waals surface area contributed by atoms with E-state index in [2.05, 4.69) is 109 Å². The van der Waals surface area contributed by atoms with Crippen LogP contribution in [0.4, 0.5) is 11.4 Å². The van der Waals surface area contributed by atoms with Crippen LogP contribution in [0, 0.1) is 72.0 Å². The number of nitrogens with zero attached hydrogens (tertiary/aromatic N) is 4. The molecule has 0 bridgehead atoms. The van der Waals surface area contributed by atoms with Crippen LogP contribution < -0.4 is 28.7 Å². The Kier molecular flexibility index (Phi) is 13.4. The highest BCUT2D eigenvalue weighted by Gasteiger charge is 2.46. The molecule has 0 aromatic heterocycles. The molecule has 0 N–H and O–H groups in total. The highest BCUT2D eigenvalue weighted by atomic mass is 16.5. The van der Waals surface area contributed by atoms with Crippen molar-refractivity contribution in [2.45, 2.75) is 5.41 Å². The molecule has 0 amide bonds. The summed E-state index contributed by atoms with van der Waals surface area (Å²) in [5, 5.41) is 20.8. The van der Waals surface area contributed by atoms with Gasteiger partial charge in [-0.05, 0) is 106 Å². The minimum Gasteiger partial charge on any atom is -0.456 e. The number of rotatable bonds is 16. The molecule has 0 heterocycles. The summed E-state index contributed by atoms with van der Waals surface area (Å²) in [6, 6.07) is 62.7. The summed E-state index contributed by atoms with van der Waals surface area (Å²) < 4.78 is 25.4. The SMILES string of the molecule is C#CCN(CC#C)c1cccc(Oc2cccc(Oc3ccc(C4(c5ccc(Oc6cccc(Oc7cccc(N(CC#C)CC#C)c7)c6C#N)cc5)c5ccccc5-c5ccccc54)cc3)c2C#N)c1. The third-order valence-corrected chi connectivity index (χ3v) is 12.1. The number of hydrogen-bond acceptors (Lipinski definition) is 8. The zero-order chi connectivity index (χ0) is 49.2. The molecule has 8 nitrogen and oxygen atoms in total. The van der Waals surface area contributed by atoms with Crippen molar-refractivity contribution < 1.29 is 18.9 Å². The van der Waals surface area contributed by atoms with Crippen LogP contribution in [0.1, 0.15) is 33.4 Å². The van der Waals surface area contributed by atoms with Gasteiger partial charge in [0.1, 0.15) is 69.3 Å². The highest BCUT2D eigenvalue weighted by molar-refractivity contribution is 5.86. The summed E-state index contributed by atoms with van der Waals surface area (Å²) in [5.41, 5.74) is 7.82. The van der Waals surface area contributed by atoms with Crippen LogP contribution in [0.25, 0.3) is 11.1 Å². The average molecular weight is 919 g/mol. The van der Waals surface area contributed by atoms with Gasteiger partial charge in [0.25, 0.3) is 0 Å². The summed E-state index contributed by atoms with van der Waals surface area (Å²) in [4.78, 5) is 3.76. The molecule has 8 aromatic rings. The molecular weight excluding hydrogens is 877 g/mol. The Bertz CT molecular complexity index is 3270. The second kappa shape index (κ2) is 20.7. The van der Waals surface area contributed by atoms with Crippen LogP contribution in [-0.4, -0.2) is 26.2 Å². The lowest BCUT2D eigenvalue weighted by molar-refractivity contribution is 0.457. The van der Waals surface area contributed by atoms with Gasteiger partial charge in [-0.25, -0.2) is 0 Å². The summed E-state index contributed by atoms with van der Waals surface area (Å²) in [7, 11) is 0. The van der Waals surface area contributed by atoms with Gasteiger partial charge in [-0.2, -0.15) is 10.5 Å². The maximum atomic E-state index is 10.4. The molecule has 1 aliphatic carbocycles. The van der Waals surface area contributed by atoms with E-state index in [9.17, 15) is 10.5 Å². The third-order valence-electron chi connectivity index (χ3n) is 12.1. The van der Waals surface area contributed by atoms with Gasteiger partial charge < -0.3 is 28.7 Å². The van der Waals surface area contributed by atoms with Crippen LogP contribution >= 0.6 is 0 Å². The second-order valence-electron chi connectivity index (χ2n) is 16.3. The van der Waals surface area contributed by atoms with Crippen LogP contribution in [0.2, 0.25) is 0 Å². The quantitative estimate of drug-likeness (QED) is 0.0885. The fourth-order valence-corrected chi connectivity index (χ4v) is 9.07. The molecule has 0 spiro atoms. The van der Waals surface area contributed by atoms with Crippen LogP contribution in [0.15, 0.2) is 182 Å². The molecule has 338 valence electrons. The summed E-state index contributed by atoms with van der Waals surface area (Å²) in [5.74, 6) is 14.0. The van der Waals surface area contributed by atoms with E-state index in [1.165, 1.54) is 0 Å². The smallest absolute Gasteiger partial charge is 0.149 e. The van der Waals surface area contributed by atoms with Crippen molar-refractivity contribution in [2.24, 2.45) is 0 Å². The monoisotopic (exact) mass is 918 g/mol. The Hall–Kier alpha value is -10.2. The fraction of sp³-hybridized carbons (Fsp3) is 0.0794. The molecule has 0 aliphatic heterocycles. The lowest BCUT2D eigenvalue weighted by atomic mass is 9.68. The Morgan fingerprint density at radius 1 is 0.380 bits per heavy atom. The summed E-state index contributed by atoms with van der Waals surface area (Å²) in [6.07, 6.45) is 22.4. The molecule has 8 aromatic carbocycles. The molecule has 0 fully saturated rings. The average Bonchev–Trinajstić information content (AvgIpc) is 3.70. The molecule has 1 aliphatic rings. The molecule has 0 radical (unpaired) electrons. The molecular formula is C63H42N4O4. The van der Waals surface area contributed by atoms with Gasteiger partial charge in [-0.3, -0.25) is 0 Å². The van der Waals surface area contributed by atoms with Gasteiger partial charge in [0, 0.05) is 23.5 Å². The van der Waals surface area contributed by atoms with Crippen molar-refractivity contribution in [3.05, 3.63) is 215 Å². The van der Waals surface area contributed by atoms with E-state index in [-0.39, 0.29) is 11.1 Å². The van der Waals surface area contributed by atoms with Crippen LogP contribution in [-0.2, 0) is 5.41 Å². The number of hydrogen-bond donors (Lipinski definition) is 0. The minimum absolute atomic E-state index is 0.236. The molecule has 0 atom stereocenters. The maximum Gasteiger partial charge on any atom is 0.149 e. The number of ether oxygens (including phenoxy) is 4. The zero-order valence-corrected chi connectivity index (χ0v) is 38.4. The van der Waals surface area contributed by atoms with E-state index in [4.69, 9.17) is 44.6 Å². The van der Waals surface area contributed by atoms with Crippen molar-refractivity contribution in [1.82, 2.24) is 0 Å². The Morgan fingerprint density at radius 3 is 1.07 bits per heavy atom. The van der Waals surface area contributed by atoms with E-state index >= 15 is 0 Å². The van der Waals surface area contributed by atoms with E-state index in [0.29, 0.717) is 72.2 Å². The van der Waals surface area contributed by atoms with Crippen molar-refractivity contribution in [3.8, 4) is 119 Å². The predicted molar refractivity (Wildman–Crippen MR) is 279 cm³/mol. The van der Waals surface area contributed by atoms with Gasteiger partial charge in [0.15, 0.2) is 0 Å². The molecule has 9 rings (SSSR count). The molecule has 0 saturated carbocycles. The van der Waals surface area contributed by atoms with Crippen molar-refractivity contribution in [1.29, 1.82) is 10.5 Å². The standard InChI is InChI=1S/C63H42N4O4/c1-5-37-66(38-6-2)47-17-13-19-51(41-47)70-61-27-15-25-59(55(61)43-64)68-49-33-29-45(30-34-49)63(57-23-11-9-21-53(57)54-22-10-12-24-58(54)63)46-31-35-50(36-32-46)69-60-26-16-28-62(56(60)44-65)71-52-20-14-18-48(42-52)67(39-7-3)40-8-4/h1-4,9-36,41-42H,37-40H2. The topological polar surface area (TPSA) is 91.0 Å². The number of nitriles is 2. The first kappa shape index (κ1) is 45.9. The highest BCUT2D eigenvalue weighted by Crippen LogP contribution is 2.56. The van der Waals surface area contributed by atoms with Crippen molar-refractivity contribution in [2.75, 3.05) is 36.0 Å². The van der Waals surface area contributed by atoms with E-state index < -0.39 is 5.41 Å². The number of anilines is 2. The summed E-state index contributed by atoms with van der Waals surface area (Å²) in [6.45, 7) is 1.33. The number of terminal acetylenes is 4. The first-order chi connectivity index (χ1) is 34.9. The van der Waals surface area contributed by atoms with Crippen molar-refractivity contribution >= 4 is 11.4 Å². The molecule has 71 heavy (non-hydrogen) atoms. The third kappa shape index (κ3) is 9.14. The van der Waals surface area contributed by atoms with Gasteiger partial charge in [0.05, 0.1) is 31.6 Å². The summed E-state index contributed by atoms with van der Waals surface area (Å²) >= 11 is 0. The Labute approximate surface area is 414 Å². The van der Waals surface area contributed by atoms with Gasteiger partial charge in [-0.15, -0.1) is 25.7 Å². The minimum atomic E-state index is -0.740. The lowest BCUT2D eigenvalue weighted by Crippen LogP contribution is -2.28. The van der Waals surface area contributed by atoms with Crippen LogP contribution in [0.3, 0.4) is 0 Å². The zero-order valence-electron chi connectivity index (χ0n) is 38.4. The Morgan fingerprint density at radius 2 is 0.718 bits per heavy atom. The first-order valence-electron chi connectivity index (χ1n) is 22.5. The maximum absolute atomic E-state index is 10.4. The van der Waals surface area contributed by atoms with Gasteiger partial charge in [0.2, 0.25) is 0 Å². The van der Waals surface area contributed by atoms with Crippen LogP contribution in [0.5, 0.6) is 46.0 Å². The number of fused-ring (bicyclic) bond motifs is 3. The predicted octanol–water partition coefficient (Wildman–Crippen LogP) is 13.1. The lowest BCUT2D eigenvalue weighted by Gasteiger charge is -2.34. The second-order valence-corrected chi connectivity index (χ2v) is 16.3. The van der Waals surface area contributed by atoms with E-state index in [1.54, 1.807) is 48.5 Å². The molecule has 8 heteroatoms. The first-order valence-corrected chi connectivity index (χ1v) is 22.5. The van der Waals surface area contributed by atoms with Gasteiger partial charge >= 0.3 is 0 Å². The molecule has 0 unspecified atom stereocenters. The Balaban J connectivity index is 1.01. The fourth-order valence-electron chi connectivity index (χ4n) is 9.07. The van der Waals surface area contributed by atoms with E-state index in [1.807, 2.05) is 70.5 Å². The normalized spacial score (nSPS) is 11.4. The van der Waals surface area contributed by atoms with Gasteiger partial charge in [-0.1, -0.05) is 121 Å². The van der Waals surface area contributed by atoms with Crippen molar-refractivity contribution in [3.63, 3.8) is 0 Å².